The molecule has 50 heavy (non-hydrogen) atoms. The van der Waals surface area contributed by atoms with Gasteiger partial charge in [-0.25, -0.2) is 9.78 Å². The molecule has 1 heterocycles. The summed E-state index contributed by atoms with van der Waals surface area (Å²) >= 11 is -0.000333. The Morgan fingerprint density at radius 1 is 0.940 bits per heavy atom. The first kappa shape index (κ1) is 37.0. The highest BCUT2D eigenvalue weighted by Gasteiger charge is 2.34. The molecule has 4 aromatic carbocycles. The lowest BCUT2D eigenvalue weighted by Crippen LogP contribution is -2.48. The first-order valence-corrected chi connectivity index (χ1v) is 18.7. The fourth-order valence-electron chi connectivity index (χ4n) is 5.97. The normalized spacial score (nSPS) is 13.4. The zero-order valence-electron chi connectivity index (χ0n) is 28.5. The molecule has 11 heteroatoms. The van der Waals surface area contributed by atoms with Crippen LogP contribution in [0.4, 0.5) is 10.5 Å². The minimum Gasteiger partial charge on any atom is -0.593 e. The molecule has 0 spiro atoms. The Balaban J connectivity index is 1.38. The second-order valence-electron chi connectivity index (χ2n) is 12.5. The van der Waals surface area contributed by atoms with E-state index >= 15 is 0 Å². The van der Waals surface area contributed by atoms with Crippen molar-refractivity contribution in [3.63, 3.8) is 0 Å². The molecule has 0 fully saturated rings. The summed E-state index contributed by atoms with van der Waals surface area (Å²) in [5.74, 6) is -0.524. The average Bonchev–Trinajstić information content (AvgIpc) is 3.62. The largest absolute Gasteiger partial charge is 0.593 e. The fraction of sp³-hybridized carbons (Fsp3) is 0.308. The molecule has 0 bridgehead atoms. The SMILES string of the molecule is COC(=O)N[C@H](C(=O)Nc1ccccc1CC[C@@H](CO)N(CCC(C)C)[S+]([O-])c1ccc2ncsc2c1)C(c1ccccc1)c1ccccc1. The van der Waals surface area contributed by atoms with E-state index in [1.54, 1.807) is 5.51 Å². The van der Waals surface area contributed by atoms with Gasteiger partial charge in [-0.1, -0.05) is 92.7 Å². The van der Waals surface area contributed by atoms with Crippen LogP contribution >= 0.6 is 11.3 Å². The van der Waals surface area contributed by atoms with Crippen molar-refractivity contribution in [1.29, 1.82) is 0 Å². The van der Waals surface area contributed by atoms with Gasteiger partial charge in [0.15, 0.2) is 4.90 Å². The first-order chi connectivity index (χ1) is 24.3. The molecule has 0 radical (unpaired) electrons. The van der Waals surface area contributed by atoms with Gasteiger partial charge in [0.05, 0.1) is 46.8 Å². The molecule has 0 saturated carbocycles. The maximum Gasteiger partial charge on any atom is 0.407 e. The highest BCUT2D eigenvalue weighted by Crippen LogP contribution is 2.31. The monoisotopic (exact) mass is 712 g/mol. The number of ether oxygens (including phenoxy) is 1. The fourth-order valence-corrected chi connectivity index (χ4v) is 8.15. The third kappa shape index (κ3) is 9.49. The summed E-state index contributed by atoms with van der Waals surface area (Å²) in [4.78, 5) is 31.8. The minimum atomic E-state index is -1.50. The maximum atomic E-state index is 14.2. The van der Waals surface area contributed by atoms with Gasteiger partial charge in [0.1, 0.15) is 6.04 Å². The third-order valence-electron chi connectivity index (χ3n) is 8.68. The Hall–Kier alpha value is -4.26. The lowest BCUT2D eigenvalue weighted by molar-refractivity contribution is -0.118. The van der Waals surface area contributed by atoms with Gasteiger partial charge in [0, 0.05) is 24.2 Å². The number of aryl methyl sites for hydroxylation is 1. The highest BCUT2D eigenvalue weighted by atomic mass is 32.2. The maximum absolute atomic E-state index is 14.2. The Bertz CT molecular complexity index is 1780. The molecule has 9 nitrogen and oxygen atoms in total. The number of nitrogens with zero attached hydrogens (tertiary/aromatic N) is 2. The number of carbonyl (C=O) groups is 2. The summed E-state index contributed by atoms with van der Waals surface area (Å²) in [7, 11) is 1.27. The zero-order chi connectivity index (χ0) is 35.5. The van der Waals surface area contributed by atoms with Crippen LogP contribution in [0, 0.1) is 5.92 Å². The molecule has 0 aliphatic rings. The number of hydrogen-bond acceptors (Lipinski definition) is 8. The van der Waals surface area contributed by atoms with Crippen molar-refractivity contribution in [1.82, 2.24) is 14.6 Å². The molecule has 5 rings (SSSR count). The van der Waals surface area contributed by atoms with E-state index in [4.69, 9.17) is 4.74 Å². The molecule has 5 aromatic rings. The Morgan fingerprint density at radius 3 is 2.24 bits per heavy atom. The van der Waals surface area contributed by atoms with Crippen LogP contribution in [0.3, 0.4) is 0 Å². The number of aromatic nitrogens is 1. The van der Waals surface area contributed by atoms with Crippen LogP contribution in [-0.2, 0) is 27.3 Å². The lowest BCUT2D eigenvalue weighted by Gasteiger charge is -2.31. The number of amides is 2. The van der Waals surface area contributed by atoms with E-state index in [2.05, 4.69) is 29.5 Å². The molecule has 1 aromatic heterocycles. The van der Waals surface area contributed by atoms with Gasteiger partial charge < -0.3 is 25.0 Å². The zero-order valence-corrected chi connectivity index (χ0v) is 30.2. The standard InChI is InChI=1S/C39H44N4O5S2/c1-27(2)22-23-43(50(47)32-20-21-34-35(24-32)49-26-40-34)31(25-44)19-18-28-12-10-11-17-33(28)41-38(45)37(42-39(46)48-3)36(29-13-6-4-7-14-29)30-15-8-5-9-16-30/h4-17,20-21,24,26-27,31,36-37,44H,18-19,22-23,25H2,1-3H3,(H,41,45)(H,42,46)/t31-,37-,50?/m0/s1. The number of aliphatic hydroxyl groups excluding tert-OH is 1. The number of alkyl carbamates (subject to hydrolysis) is 1. The van der Waals surface area contributed by atoms with E-state index in [1.165, 1.54) is 18.4 Å². The van der Waals surface area contributed by atoms with Crippen LogP contribution in [0.5, 0.6) is 0 Å². The van der Waals surface area contributed by atoms with Gasteiger partial charge in [0.2, 0.25) is 5.91 Å². The number of carbonyl (C=O) groups excluding carboxylic acids is 2. The van der Waals surface area contributed by atoms with E-state index in [0.29, 0.717) is 35.9 Å². The van der Waals surface area contributed by atoms with Crippen LogP contribution in [0.1, 0.15) is 49.3 Å². The second kappa shape index (κ2) is 18.1. The average molecular weight is 713 g/mol. The summed E-state index contributed by atoms with van der Waals surface area (Å²) in [5.41, 5.74) is 5.81. The van der Waals surface area contributed by atoms with E-state index in [9.17, 15) is 19.2 Å². The smallest absolute Gasteiger partial charge is 0.407 e. The summed E-state index contributed by atoms with van der Waals surface area (Å²) in [6, 6.07) is 30.9. The van der Waals surface area contributed by atoms with E-state index in [-0.39, 0.29) is 6.61 Å². The van der Waals surface area contributed by atoms with Crippen LogP contribution in [0.15, 0.2) is 114 Å². The van der Waals surface area contributed by atoms with Crippen molar-refractivity contribution in [3.05, 3.63) is 125 Å². The van der Waals surface area contributed by atoms with Crippen LogP contribution in [0.2, 0.25) is 0 Å². The summed E-state index contributed by atoms with van der Waals surface area (Å²) < 4.78 is 21.8. The number of methoxy groups -OCH3 is 1. The number of nitrogens with one attached hydrogen (secondary N) is 2. The van der Waals surface area contributed by atoms with Crippen molar-refractivity contribution in [2.75, 3.05) is 25.6 Å². The van der Waals surface area contributed by atoms with Crippen molar-refractivity contribution in [2.45, 2.75) is 56.0 Å². The number of fused-ring (bicyclic) bond motifs is 1. The molecule has 0 saturated heterocycles. The molecule has 0 aliphatic carbocycles. The summed E-state index contributed by atoms with van der Waals surface area (Å²) in [6.45, 7) is 4.62. The Kier molecular flexibility index (Phi) is 13.4. The van der Waals surface area contributed by atoms with E-state index < -0.39 is 41.4 Å². The molecule has 262 valence electrons. The van der Waals surface area contributed by atoms with Crippen LogP contribution in [0.25, 0.3) is 10.2 Å². The summed E-state index contributed by atoms with van der Waals surface area (Å²) in [6.07, 6.45) is 1.10. The number of hydrogen-bond donors (Lipinski definition) is 3. The molecule has 1 unspecified atom stereocenters. The Labute approximate surface area is 301 Å². The second-order valence-corrected chi connectivity index (χ2v) is 14.8. The molecule has 3 atom stereocenters. The van der Waals surface area contributed by atoms with Crippen molar-refractivity contribution in [3.8, 4) is 0 Å². The number of thiazole rings is 1. The van der Waals surface area contributed by atoms with Gasteiger partial charge in [-0.05, 0) is 60.1 Å². The predicted molar refractivity (Wildman–Crippen MR) is 201 cm³/mol. The quantitative estimate of drug-likeness (QED) is 0.0928. The first-order valence-electron chi connectivity index (χ1n) is 16.7. The van der Waals surface area contributed by atoms with Crippen molar-refractivity contribution >= 4 is 50.6 Å². The molecule has 2 amide bonds. The molecule has 3 N–H and O–H groups in total. The third-order valence-corrected chi connectivity index (χ3v) is 11.0. The molecule has 0 aliphatic heterocycles. The molecular weight excluding hydrogens is 669 g/mol. The summed E-state index contributed by atoms with van der Waals surface area (Å²) in [5, 5.41) is 16.5. The van der Waals surface area contributed by atoms with Gasteiger partial charge in [0.25, 0.3) is 0 Å². The van der Waals surface area contributed by atoms with E-state index in [0.717, 1.165) is 33.3 Å². The van der Waals surface area contributed by atoms with E-state index in [1.807, 2.05) is 107 Å². The van der Waals surface area contributed by atoms with Crippen LogP contribution < -0.4 is 10.6 Å². The highest BCUT2D eigenvalue weighted by molar-refractivity contribution is 7.89. The van der Waals surface area contributed by atoms with Gasteiger partial charge in [-0.3, -0.25) is 4.79 Å². The molecular formula is C39H44N4O5S2. The number of aliphatic hydroxyl groups is 1. The number of benzene rings is 4. The number of anilines is 1. The lowest BCUT2D eigenvalue weighted by atomic mass is 9.84. The predicted octanol–water partition coefficient (Wildman–Crippen LogP) is 7.16. The topological polar surface area (TPSA) is 127 Å². The Morgan fingerprint density at radius 2 is 1.60 bits per heavy atom. The van der Waals surface area contributed by atoms with Crippen molar-refractivity contribution < 1.29 is 24.0 Å². The minimum absolute atomic E-state index is 0.178. The van der Waals surface area contributed by atoms with Gasteiger partial charge >= 0.3 is 6.09 Å². The number of rotatable bonds is 16. The van der Waals surface area contributed by atoms with Gasteiger partial charge in [-0.2, -0.15) is 0 Å². The van der Waals surface area contributed by atoms with Gasteiger partial charge in [-0.15, -0.1) is 15.6 Å². The number of para-hydroxylation sites is 1. The van der Waals surface area contributed by atoms with Crippen molar-refractivity contribution in [2.24, 2.45) is 5.92 Å². The van der Waals surface area contributed by atoms with Crippen LogP contribution in [-0.4, -0.2) is 63.3 Å².